The van der Waals surface area contributed by atoms with Crippen LogP contribution in [-0.4, -0.2) is 19.2 Å². The quantitative estimate of drug-likeness (QED) is 0.176. The number of halogens is 1. The molecule has 26 heavy (non-hydrogen) atoms. The molecule has 146 valence electrons. The van der Waals surface area contributed by atoms with Gasteiger partial charge in [-0.3, -0.25) is 5.84 Å². The van der Waals surface area contributed by atoms with Crippen LogP contribution >= 0.6 is 11.6 Å². The van der Waals surface area contributed by atoms with E-state index in [0.717, 1.165) is 19.3 Å². The Morgan fingerprint density at radius 3 is 2.62 bits per heavy atom. The summed E-state index contributed by atoms with van der Waals surface area (Å²) in [6.45, 7) is 6.71. The molecule has 8 heteroatoms. The largest absolute Gasteiger partial charge is 0.492 e. The lowest BCUT2D eigenvalue weighted by Gasteiger charge is -2.17. The van der Waals surface area contributed by atoms with Gasteiger partial charge in [0.15, 0.2) is 5.70 Å². The van der Waals surface area contributed by atoms with Gasteiger partial charge in [-0.15, -0.1) is 0 Å². The minimum absolute atomic E-state index is 0.168. The van der Waals surface area contributed by atoms with Crippen LogP contribution in [0.2, 0.25) is 5.02 Å². The molecule has 0 saturated carbocycles. The molecule has 0 aliphatic carbocycles. The van der Waals surface area contributed by atoms with Crippen molar-refractivity contribution >= 4 is 17.6 Å². The topological polar surface area (TPSA) is 109 Å². The monoisotopic (exact) mass is 385 g/mol. The number of esters is 1. The zero-order valence-electron chi connectivity index (χ0n) is 15.5. The number of carbonyl (C=O) groups is 1. The maximum Gasteiger partial charge on any atom is 0.361 e. The lowest BCUT2D eigenvalue weighted by Crippen LogP contribution is -2.32. The molecule has 0 spiro atoms. The van der Waals surface area contributed by atoms with Gasteiger partial charge in [0.1, 0.15) is 11.5 Å². The lowest BCUT2D eigenvalue weighted by atomic mass is 10.0. The van der Waals surface area contributed by atoms with Crippen molar-refractivity contribution in [1.82, 2.24) is 5.43 Å². The zero-order valence-corrected chi connectivity index (χ0v) is 16.3. The normalized spacial score (nSPS) is 12.8. The molecule has 1 aromatic rings. The van der Waals surface area contributed by atoms with Crippen LogP contribution in [0.15, 0.2) is 29.8 Å². The molecule has 5 N–H and O–H groups in total. The minimum Gasteiger partial charge on any atom is -0.492 e. The number of nitrogens with one attached hydrogen (secondary N) is 1. The molecule has 7 nitrogen and oxygen atoms in total. The first kappa shape index (κ1) is 21.9. The summed E-state index contributed by atoms with van der Waals surface area (Å²) in [5.41, 5.74) is 7.83. The molecule has 0 fully saturated rings. The summed E-state index contributed by atoms with van der Waals surface area (Å²) >= 11 is 6.19. The van der Waals surface area contributed by atoms with Gasteiger partial charge < -0.3 is 25.4 Å². The summed E-state index contributed by atoms with van der Waals surface area (Å²) in [6, 6.07) is 4.87. The van der Waals surface area contributed by atoms with Crippen molar-refractivity contribution in [1.29, 1.82) is 0 Å². The number of hydrogen-bond donors (Lipinski definition) is 3. The van der Waals surface area contributed by atoms with E-state index in [4.69, 9.17) is 37.4 Å². The van der Waals surface area contributed by atoms with Crippen molar-refractivity contribution in [2.45, 2.75) is 40.0 Å². The average molecular weight is 386 g/mol. The summed E-state index contributed by atoms with van der Waals surface area (Å²) in [5, 5.41) is 0.466. The Kier molecular flexibility index (Phi) is 9.69. The minimum atomic E-state index is -0.705. The molecule has 0 saturated heterocycles. The van der Waals surface area contributed by atoms with Gasteiger partial charge in [0.2, 0.25) is 5.88 Å². The Labute approximate surface area is 159 Å². The van der Waals surface area contributed by atoms with Crippen molar-refractivity contribution < 1.29 is 19.0 Å². The van der Waals surface area contributed by atoms with Gasteiger partial charge in [-0.25, -0.2) is 4.79 Å². The molecule has 1 atom stereocenters. The second-order valence-electron chi connectivity index (χ2n) is 5.67. The summed E-state index contributed by atoms with van der Waals surface area (Å²) in [4.78, 5) is 11.8. The molecular weight excluding hydrogens is 358 g/mol. The van der Waals surface area contributed by atoms with Crippen molar-refractivity contribution in [2.75, 3.05) is 13.2 Å². The van der Waals surface area contributed by atoms with E-state index in [9.17, 15) is 4.79 Å². The Bertz CT molecular complexity index is 622. The average Bonchev–Trinajstić information content (AvgIpc) is 2.61. The van der Waals surface area contributed by atoms with Crippen LogP contribution in [0, 0.1) is 5.92 Å². The van der Waals surface area contributed by atoms with Gasteiger partial charge in [0, 0.05) is 6.07 Å². The fourth-order valence-electron chi connectivity index (χ4n) is 2.29. The van der Waals surface area contributed by atoms with Gasteiger partial charge >= 0.3 is 5.97 Å². The van der Waals surface area contributed by atoms with Crippen LogP contribution in [0.5, 0.6) is 11.5 Å². The number of benzene rings is 1. The van der Waals surface area contributed by atoms with Crippen molar-refractivity contribution in [3.63, 3.8) is 0 Å². The first-order valence-corrected chi connectivity index (χ1v) is 9.08. The highest BCUT2D eigenvalue weighted by Crippen LogP contribution is 2.30. The Morgan fingerprint density at radius 2 is 2.04 bits per heavy atom. The highest BCUT2D eigenvalue weighted by atomic mass is 35.5. The van der Waals surface area contributed by atoms with Gasteiger partial charge in [-0.2, -0.15) is 0 Å². The second kappa shape index (κ2) is 11.5. The number of carbonyl (C=O) groups excluding carboxylic acids is 1. The summed E-state index contributed by atoms with van der Waals surface area (Å²) < 4.78 is 16.2. The lowest BCUT2D eigenvalue weighted by molar-refractivity contribution is -0.139. The second-order valence-corrected chi connectivity index (χ2v) is 6.08. The Balaban J connectivity index is 2.90. The Hall–Kier alpha value is -2.12. The number of nitrogens with two attached hydrogens (primary N) is 2. The predicted octanol–water partition coefficient (Wildman–Crippen LogP) is 3.08. The van der Waals surface area contributed by atoms with E-state index in [1.807, 2.05) is 0 Å². The van der Waals surface area contributed by atoms with E-state index < -0.39 is 5.97 Å². The number of hydrazine groups is 1. The fraction of sp³-hybridized carbons (Fsp3) is 0.500. The van der Waals surface area contributed by atoms with Gasteiger partial charge in [0.05, 0.1) is 18.2 Å². The molecule has 0 bridgehead atoms. The third-order valence-corrected chi connectivity index (χ3v) is 4.06. The first-order chi connectivity index (χ1) is 12.5. The summed E-state index contributed by atoms with van der Waals surface area (Å²) in [6.07, 6.45) is 3.22. The zero-order chi connectivity index (χ0) is 19.5. The third kappa shape index (κ3) is 6.65. The summed E-state index contributed by atoms with van der Waals surface area (Å²) in [7, 11) is 0. The van der Waals surface area contributed by atoms with Crippen LogP contribution in [0.4, 0.5) is 0 Å². The van der Waals surface area contributed by atoms with Crippen LogP contribution < -0.4 is 26.5 Å². The van der Waals surface area contributed by atoms with Crippen molar-refractivity contribution in [3.8, 4) is 11.5 Å². The molecule has 0 aromatic heterocycles. The van der Waals surface area contributed by atoms with E-state index in [1.54, 1.807) is 25.1 Å². The SMILES string of the molecule is CCCC(CC)COc1cc(O/C(N)=C(/NN)C(=O)OCC)ccc1Cl. The van der Waals surface area contributed by atoms with E-state index >= 15 is 0 Å². The number of hydrogen-bond acceptors (Lipinski definition) is 7. The van der Waals surface area contributed by atoms with Gasteiger partial charge in [-0.05, 0) is 31.4 Å². The van der Waals surface area contributed by atoms with Gasteiger partial charge in [0.25, 0.3) is 0 Å². The fourth-order valence-corrected chi connectivity index (χ4v) is 2.46. The number of ether oxygens (including phenoxy) is 3. The van der Waals surface area contributed by atoms with Crippen LogP contribution in [0.1, 0.15) is 40.0 Å². The van der Waals surface area contributed by atoms with Crippen LogP contribution in [0.3, 0.4) is 0 Å². The van der Waals surface area contributed by atoms with Crippen LogP contribution in [-0.2, 0) is 9.53 Å². The van der Waals surface area contributed by atoms with Gasteiger partial charge in [-0.1, -0.05) is 38.3 Å². The molecule has 0 aliphatic heterocycles. The molecule has 1 aromatic carbocycles. The van der Waals surface area contributed by atoms with Crippen molar-refractivity contribution in [2.24, 2.45) is 17.5 Å². The first-order valence-electron chi connectivity index (χ1n) is 8.70. The smallest absolute Gasteiger partial charge is 0.361 e. The molecule has 1 rings (SSSR count). The third-order valence-electron chi connectivity index (χ3n) is 3.75. The maximum atomic E-state index is 11.8. The molecule has 0 heterocycles. The predicted molar refractivity (Wildman–Crippen MR) is 101 cm³/mol. The molecule has 0 aliphatic rings. The molecule has 1 unspecified atom stereocenters. The molecule has 0 radical (unpaired) electrons. The van der Waals surface area contributed by atoms with E-state index in [0.29, 0.717) is 29.0 Å². The Morgan fingerprint density at radius 1 is 1.31 bits per heavy atom. The van der Waals surface area contributed by atoms with E-state index in [1.165, 1.54) is 0 Å². The highest BCUT2D eigenvalue weighted by Gasteiger charge is 2.16. The number of rotatable bonds is 11. The van der Waals surface area contributed by atoms with E-state index in [2.05, 4.69) is 19.3 Å². The summed E-state index contributed by atoms with van der Waals surface area (Å²) in [5.74, 6) is 5.72. The van der Waals surface area contributed by atoms with E-state index in [-0.39, 0.29) is 18.2 Å². The maximum absolute atomic E-state index is 11.8. The highest BCUT2D eigenvalue weighted by molar-refractivity contribution is 6.32. The van der Waals surface area contributed by atoms with Crippen molar-refractivity contribution in [3.05, 3.63) is 34.8 Å². The standard InChI is InChI=1S/C18H28ClN3O4/c1-4-7-12(5-2)11-25-15-10-13(8-9-14(15)19)26-17(20)16(22-21)18(23)24-6-3/h8-10,12,22H,4-7,11,20-21H2,1-3H3/b17-16+. The molecule has 0 amide bonds. The van der Waals surface area contributed by atoms with Crippen LogP contribution in [0.25, 0.3) is 0 Å². The molecular formula is C18H28ClN3O4.